The van der Waals surface area contributed by atoms with Gasteiger partial charge < -0.3 is 20.5 Å². The summed E-state index contributed by atoms with van der Waals surface area (Å²) in [4.78, 5) is 13.3. The minimum Gasteiger partial charge on any atom is -0.501 e. The van der Waals surface area contributed by atoms with Gasteiger partial charge >= 0.3 is 5.82 Å². The van der Waals surface area contributed by atoms with Gasteiger partial charge in [-0.25, -0.2) is 0 Å². The lowest BCUT2D eigenvalue weighted by Crippen LogP contribution is -2.04. The van der Waals surface area contributed by atoms with E-state index in [9.17, 15) is 10.1 Å². The summed E-state index contributed by atoms with van der Waals surface area (Å²) in [6.45, 7) is 0.469. The molecule has 78 valence electrons. The van der Waals surface area contributed by atoms with Crippen LogP contribution in [0.2, 0.25) is 0 Å². The normalized spacial score (nSPS) is 9.13. The van der Waals surface area contributed by atoms with E-state index in [4.69, 9.17) is 5.11 Å². The molecule has 0 saturated carbocycles. The van der Waals surface area contributed by atoms with Gasteiger partial charge in [-0.15, -0.1) is 0 Å². The first-order valence-corrected chi connectivity index (χ1v) is 4.13. The molecule has 1 aromatic rings. The van der Waals surface area contributed by atoms with Crippen molar-refractivity contribution in [2.75, 3.05) is 13.6 Å². The molecule has 0 radical (unpaired) electrons. The second kappa shape index (κ2) is 4.93. The Morgan fingerprint density at radius 1 is 1.67 bits per heavy atom. The first kappa shape index (κ1) is 10.9. The van der Waals surface area contributed by atoms with Crippen molar-refractivity contribution >= 4 is 5.82 Å². The first-order chi connectivity index (χ1) is 7.15. The van der Waals surface area contributed by atoms with Crippen LogP contribution in [0.1, 0.15) is 5.69 Å². The van der Waals surface area contributed by atoms with Gasteiger partial charge in [-0.2, -0.15) is 0 Å². The Labute approximate surface area is 86.1 Å². The third-order valence-corrected chi connectivity index (χ3v) is 1.51. The van der Waals surface area contributed by atoms with Crippen molar-refractivity contribution in [2.24, 2.45) is 0 Å². The standard InChI is InChI=1S/C9H9N3O3/c1-10-6-2-3-7-4-5-8(13)9(11-7)12(14)15/h4-5,10,13H,6H2,1H3. The number of hydrogen-bond donors (Lipinski definition) is 2. The molecule has 0 unspecified atom stereocenters. The van der Waals surface area contributed by atoms with Crippen LogP contribution in [0.5, 0.6) is 5.75 Å². The molecule has 6 heteroatoms. The van der Waals surface area contributed by atoms with Gasteiger partial charge in [-0.1, -0.05) is 5.92 Å². The third kappa shape index (κ3) is 2.93. The molecular weight excluding hydrogens is 198 g/mol. The van der Waals surface area contributed by atoms with Crippen LogP contribution in [0.4, 0.5) is 5.82 Å². The largest absolute Gasteiger partial charge is 0.501 e. The third-order valence-electron chi connectivity index (χ3n) is 1.51. The van der Waals surface area contributed by atoms with E-state index >= 15 is 0 Å². The fourth-order valence-corrected chi connectivity index (χ4v) is 0.868. The van der Waals surface area contributed by atoms with Crippen molar-refractivity contribution < 1.29 is 10.0 Å². The van der Waals surface area contributed by atoms with Crippen molar-refractivity contribution in [3.8, 4) is 17.6 Å². The van der Waals surface area contributed by atoms with Crippen LogP contribution in [0.15, 0.2) is 12.1 Å². The molecule has 1 aromatic heterocycles. The van der Waals surface area contributed by atoms with Crippen molar-refractivity contribution in [3.63, 3.8) is 0 Å². The zero-order chi connectivity index (χ0) is 11.3. The lowest BCUT2D eigenvalue weighted by molar-refractivity contribution is -0.390. The SMILES string of the molecule is CNCC#Cc1ccc(O)c([N+](=O)[O-])n1. The van der Waals surface area contributed by atoms with Gasteiger partial charge in [-0.05, 0) is 28.9 Å². The summed E-state index contributed by atoms with van der Waals surface area (Å²) >= 11 is 0. The maximum atomic E-state index is 10.4. The summed E-state index contributed by atoms with van der Waals surface area (Å²) in [5, 5.41) is 22.3. The Morgan fingerprint density at radius 2 is 2.40 bits per heavy atom. The molecule has 0 aromatic carbocycles. The second-order valence-corrected chi connectivity index (χ2v) is 2.63. The number of aromatic hydroxyl groups is 1. The Bertz CT molecular complexity index is 434. The monoisotopic (exact) mass is 207 g/mol. The summed E-state index contributed by atoms with van der Waals surface area (Å²) in [7, 11) is 1.74. The topological polar surface area (TPSA) is 88.3 Å². The molecule has 0 aliphatic carbocycles. The van der Waals surface area contributed by atoms with E-state index in [1.807, 2.05) is 0 Å². The molecule has 0 aliphatic rings. The summed E-state index contributed by atoms with van der Waals surface area (Å²) in [6.07, 6.45) is 0. The number of pyridine rings is 1. The van der Waals surface area contributed by atoms with Gasteiger partial charge in [0.2, 0.25) is 11.4 Å². The molecule has 0 aliphatic heterocycles. The fraction of sp³-hybridized carbons (Fsp3) is 0.222. The Balaban J connectivity index is 2.99. The maximum Gasteiger partial charge on any atom is 0.407 e. The van der Waals surface area contributed by atoms with Gasteiger partial charge in [0.05, 0.1) is 6.54 Å². The minimum absolute atomic E-state index is 0.259. The Hall–Kier alpha value is -2.13. The number of aromatic nitrogens is 1. The molecule has 1 rings (SSSR count). The molecule has 1 heterocycles. The van der Waals surface area contributed by atoms with E-state index in [2.05, 4.69) is 22.1 Å². The summed E-state index contributed by atoms with van der Waals surface area (Å²) < 4.78 is 0. The van der Waals surface area contributed by atoms with Gasteiger partial charge in [-0.3, -0.25) is 0 Å². The van der Waals surface area contributed by atoms with Gasteiger partial charge in [0, 0.05) is 6.07 Å². The number of nitrogens with zero attached hydrogens (tertiary/aromatic N) is 2. The van der Waals surface area contributed by atoms with Crippen LogP contribution >= 0.6 is 0 Å². The predicted molar refractivity (Wildman–Crippen MR) is 53.4 cm³/mol. The lowest BCUT2D eigenvalue weighted by Gasteiger charge is -1.94. The highest BCUT2D eigenvalue weighted by Crippen LogP contribution is 2.21. The fourth-order valence-electron chi connectivity index (χ4n) is 0.868. The molecule has 0 saturated heterocycles. The van der Waals surface area contributed by atoms with E-state index in [1.54, 1.807) is 7.05 Å². The molecule has 0 atom stereocenters. The Morgan fingerprint density at radius 3 is 3.00 bits per heavy atom. The highest BCUT2D eigenvalue weighted by atomic mass is 16.6. The smallest absolute Gasteiger partial charge is 0.407 e. The summed E-state index contributed by atoms with van der Waals surface area (Å²) in [5.41, 5.74) is 0.259. The van der Waals surface area contributed by atoms with Crippen molar-refractivity contribution in [3.05, 3.63) is 27.9 Å². The van der Waals surface area contributed by atoms with Crippen LogP contribution in [0.3, 0.4) is 0 Å². The quantitative estimate of drug-likeness (QED) is 0.412. The van der Waals surface area contributed by atoms with Gasteiger partial charge in [0.15, 0.2) is 0 Å². The Kier molecular flexibility index (Phi) is 3.60. The molecule has 0 amide bonds. The highest BCUT2D eigenvalue weighted by Gasteiger charge is 2.15. The van der Waals surface area contributed by atoms with Crippen molar-refractivity contribution in [1.29, 1.82) is 0 Å². The maximum absolute atomic E-state index is 10.4. The van der Waals surface area contributed by atoms with Gasteiger partial charge in [0.25, 0.3) is 0 Å². The molecule has 2 N–H and O–H groups in total. The van der Waals surface area contributed by atoms with Crippen LogP contribution in [0, 0.1) is 22.0 Å². The van der Waals surface area contributed by atoms with E-state index < -0.39 is 16.5 Å². The van der Waals surface area contributed by atoms with Crippen LogP contribution in [0.25, 0.3) is 0 Å². The highest BCUT2D eigenvalue weighted by molar-refractivity contribution is 5.43. The summed E-state index contributed by atoms with van der Waals surface area (Å²) in [5.74, 6) is 4.30. The van der Waals surface area contributed by atoms with Crippen molar-refractivity contribution in [1.82, 2.24) is 10.3 Å². The van der Waals surface area contributed by atoms with Crippen molar-refractivity contribution in [2.45, 2.75) is 0 Å². The molecule has 0 bridgehead atoms. The molecular formula is C9H9N3O3. The van der Waals surface area contributed by atoms with Crippen LogP contribution < -0.4 is 5.32 Å². The first-order valence-electron chi connectivity index (χ1n) is 4.13. The number of hydrogen-bond acceptors (Lipinski definition) is 5. The average Bonchev–Trinajstić information content (AvgIpc) is 2.20. The zero-order valence-electron chi connectivity index (χ0n) is 8.02. The average molecular weight is 207 g/mol. The van der Waals surface area contributed by atoms with Crippen LogP contribution in [-0.2, 0) is 0 Å². The number of nitrogens with one attached hydrogen (secondary N) is 1. The lowest BCUT2D eigenvalue weighted by atomic mass is 10.3. The number of nitro groups is 1. The van der Waals surface area contributed by atoms with E-state index in [0.717, 1.165) is 0 Å². The summed E-state index contributed by atoms with van der Waals surface area (Å²) in [6, 6.07) is 2.62. The second-order valence-electron chi connectivity index (χ2n) is 2.63. The van der Waals surface area contributed by atoms with E-state index in [-0.39, 0.29) is 5.69 Å². The number of rotatable bonds is 2. The predicted octanol–water partition coefficient (Wildman–Crippen LogP) is 0.266. The molecule has 0 fully saturated rings. The van der Waals surface area contributed by atoms with Crippen LogP contribution in [-0.4, -0.2) is 28.6 Å². The van der Waals surface area contributed by atoms with E-state index in [1.165, 1.54) is 12.1 Å². The molecule has 6 nitrogen and oxygen atoms in total. The van der Waals surface area contributed by atoms with E-state index in [0.29, 0.717) is 6.54 Å². The molecule has 15 heavy (non-hydrogen) atoms. The van der Waals surface area contributed by atoms with Gasteiger partial charge in [0.1, 0.15) is 0 Å². The molecule has 0 spiro atoms. The minimum atomic E-state index is -0.751. The zero-order valence-corrected chi connectivity index (χ0v) is 8.02.